The number of unbranched alkanes of at least 4 members (excludes halogenated alkanes) is 1. The van der Waals surface area contributed by atoms with E-state index in [2.05, 4.69) is 0 Å². The molecule has 5 heteroatoms. The summed E-state index contributed by atoms with van der Waals surface area (Å²) in [6.45, 7) is 1.59. The molecule has 0 aromatic carbocycles. The summed E-state index contributed by atoms with van der Waals surface area (Å²) in [5, 5.41) is 17.5. The zero-order chi connectivity index (χ0) is 13.4. The van der Waals surface area contributed by atoms with Crippen LogP contribution in [-0.2, 0) is 4.74 Å². The zero-order valence-electron chi connectivity index (χ0n) is 11.2. The maximum absolute atomic E-state index is 10.7. The number of hydrogen-bond acceptors (Lipinski definition) is 3. The van der Waals surface area contributed by atoms with Crippen LogP contribution in [0.5, 0.6) is 0 Å². The van der Waals surface area contributed by atoms with E-state index in [0.29, 0.717) is 18.6 Å². The molecule has 0 radical (unpaired) electrons. The van der Waals surface area contributed by atoms with Crippen LogP contribution in [0.2, 0.25) is 0 Å². The molecule has 2 N–H and O–H groups in total. The molecule has 18 heavy (non-hydrogen) atoms. The Morgan fingerprint density at radius 1 is 1.28 bits per heavy atom. The van der Waals surface area contributed by atoms with Gasteiger partial charge < -0.3 is 19.8 Å². The molecule has 1 aliphatic carbocycles. The molecular weight excluding hydrogens is 234 g/mol. The molecule has 1 fully saturated rings. The van der Waals surface area contributed by atoms with Gasteiger partial charge in [0, 0.05) is 26.8 Å². The van der Waals surface area contributed by atoms with E-state index in [4.69, 9.17) is 14.9 Å². The maximum Gasteiger partial charge on any atom is 0.407 e. The molecule has 5 nitrogen and oxygen atoms in total. The van der Waals surface area contributed by atoms with E-state index < -0.39 is 6.09 Å². The second kappa shape index (κ2) is 8.32. The van der Waals surface area contributed by atoms with Crippen molar-refractivity contribution >= 4 is 6.09 Å². The Morgan fingerprint density at radius 2 is 1.94 bits per heavy atom. The van der Waals surface area contributed by atoms with Crippen LogP contribution in [0.4, 0.5) is 4.79 Å². The first-order valence-corrected chi connectivity index (χ1v) is 6.80. The van der Waals surface area contributed by atoms with E-state index in [-0.39, 0.29) is 6.61 Å². The van der Waals surface area contributed by atoms with Gasteiger partial charge in [0.2, 0.25) is 0 Å². The Bertz CT molecular complexity index is 239. The Morgan fingerprint density at radius 3 is 2.50 bits per heavy atom. The summed E-state index contributed by atoms with van der Waals surface area (Å²) >= 11 is 0. The van der Waals surface area contributed by atoms with E-state index in [9.17, 15) is 4.79 Å². The summed E-state index contributed by atoms with van der Waals surface area (Å²) in [5.74, 6) is 0.475. The van der Waals surface area contributed by atoms with E-state index in [1.165, 1.54) is 4.90 Å². The molecular formula is C13H25NO4. The molecule has 0 saturated heterocycles. The average molecular weight is 259 g/mol. The average Bonchev–Trinajstić information content (AvgIpc) is 2.36. The largest absolute Gasteiger partial charge is 0.465 e. The van der Waals surface area contributed by atoms with E-state index in [0.717, 1.165) is 45.1 Å². The summed E-state index contributed by atoms with van der Waals surface area (Å²) in [6.07, 6.45) is 5.34. The van der Waals surface area contributed by atoms with Crippen LogP contribution in [-0.4, -0.2) is 54.1 Å². The summed E-state index contributed by atoms with van der Waals surface area (Å²) in [7, 11) is 1.62. The fraction of sp³-hybridized carbons (Fsp3) is 0.923. The van der Waals surface area contributed by atoms with Crippen LogP contribution in [0.25, 0.3) is 0 Å². The van der Waals surface area contributed by atoms with Gasteiger partial charge in [0.1, 0.15) is 0 Å². The van der Waals surface area contributed by atoms with Gasteiger partial charge in [-0.05, 0) is 44.4 Å². The smallest absolute Gasteiger partial charge is 0.407 e. The Hall–Kier alpha value is -0.810. The number of rotatable bonds is 7. The highest BCUT2D eigenvalue weighted by atomic mass is 16.5. The summed E-state index contributed by atoms with van der Waals surface area (Å²) < 4.78 is 5.74. The Balaban J connectivity index is 2.11. The van der Waals surface area contributed by atoms with Gasteiger partial charge >= 0.3 is 6.09 Å². The Labute approximate surface area is 109 Å². The summed E-state index contributed by atoms with van der Waals surface area (Å²) in [5.41, 5.74) is 0. The fourth-order valence-electron chi connectivity index (χ4n) is 2.41. The molecule has 1 amide bonds. The lowest BCUT2D eigenvalue weighted by Crippen LogP contribution is -2.33. The van der Waals surface area contributed by atoms with Gasteiger partial charge in [0.05, 0.1) is 6.10 Å². The molecule has 0 bridgehead atoms. The van der Waals surface area contributed by atoms with E-state index >= 15 is 0 Å². The van der Waals surface area contributed by atoms with Crippen molar-refractivity contribution in [2.75, 3.05) is 26.8 Å². The molecule has 0 aromatic rings. The predicted molar refractivity (Wildman–Crippen MR) is 68.7 cm³/mol. The van der Waals surface area contributed by atoms with Crippen LogP contribution in [0, 0.1) is 5.92 Å². The molecule has 0 heterocycles. The normalized spacial score (nSPS) is 23.9. The highest BCUT2D eigenvalue weighted by molar-refractivity contribution is 5.64. The molecule has 1 saturated carbocycles. The van der Waals surface area contributed by atoms with Gasteiger partial charge in [-0.15, -0.1) is 0 Å². The first-order valence-electron chi connectivity index (χ1n) is 6.80. The number of ether oxygens (including phenoxy) is 1. The molecule has 0 aliphatic heterocycles. The van der Waals surface area contributed by atoms with Crippen molar-refractivity contribution in [3.8, 4) is 0 Å². The molecule has 1 rings (SSSR count). The SMILES string of the molecule is CN(CC1CCC(OCCCCO)CC1)C(=O)O. The first-order chi connectivity index (χ1) is 8.63. The van der Waals surface area contributed by atoms with Gasteiger partial charge in [-0.25, -0.2) is 4.79 Å². The molecule has 0 aromatic heterocycles. The van der Waals surface area contributed by atoms with Crippen molar-refractivity contribution in [3.05, 3.63) is 0 Å². The lowest BCUT2D eigenvalue weighted by molar-refractivity contribution is 0.0123. The molecule has 0 spiro atoms. The number of aliphatic hydroxyl groups is 1. The summed E-state index contributed by atoms with van der Waals surface area (Å²) in [4.78, 5) is 12.1. The first kappa shape index (κ1) is 15.2. The van der Waals surface area contributed by atoms with E-state index in [1.807, 2.05) is 0 Å². The van der Waals surface area contributed by atoms with Gasteiger partial charge in [-0.2, -0.15) is 0 Å². The van der Waals surface area contributed by atoms with Crippen molar-refractivity contribution in [1.29, 1.82) is 0 Å². The number of amides is 1. The number of aliphatic hydroxyl groups excluding tert-OH is 1. The third kappa shape index (κ3) is 5.69. The number of carbonyl (C=O) groups is 1. The van der Waals surface area contributed by atoms with E-state index in [1.54, 1.807) is 7.05 Å². The van der Waals surface area contributed by atoms with Crippen molar-refractivity contribution in [2.45, 2.75) is 44.6 Å². The Kier molecular flexibility index (Phi) is 7.05. The molecule has 1 aliphatic rings. The van der Waals surface area contributed by atoms with Gasteiger partial charge in [-0.1, -0.05) is 0 Å². The van der Waals surface area contributed by atoms with Crippen LogP contribution in [0.1, 0.15) is 38.5 Å². The molecule has 0 atom stereocenters. The summed E-state index contributed by atoms with van der Waals surface area (Å²) in [6, 6.07) is 0. The van der Waals surface area contributed by atoms with Crippen LogP contribution < -0.4 is 0 Å². The third-order valence-electron chi connectivity index (χ3n) is 3.56. The highest BCUT2D eigenvalue weighted by Gasteiger charge is 2.23. The van der Waals surface area contributed by atoms with Gasteiger partial charge in [-0.3, -0.25) is 0 Å². The minimum absolute atomic E-state index is 0.234. The molecule has 106 valence electrons. The van der Waals surface area contributed by atoms with Crippen molar-refractivity contribution in [1.82, 2.24) is 4.90 Å². The van der Waals surface area contributed by atoms with Crippen LogP contribution >= 0.6 is 0 Å². The second-order valence-electron chi connectivity index (χ2n) is 5.11. The van der Waals surface area contributed by atoms with Gasteiger partial charge in [0.15, 0.2) is 0 Å². The number of carboxylic acid groups (broad SMARTS) is 1. The highest BCUT2D eigenvalue weighted by Crippen LogP contribution is 2.26. The maximum atomic E-state index is 10.7. The van der Waals surface area contributed by atoms with Crippen LogP contribution in [0.3, 0.4) is 0 Å². The van der Waals surface area contributed by atoms with Crippen LogP contribution in [0.15, 0.2) is 0 Å². The van der Waals surface area contributed by atoms with Crippen molar-refractivity contribution in [2.24, 2.45) is 5.92 Å². The quantitative estimate of drug-likeness (QED) is 0.686. The van der Waals surface area contributed by atoms with Gasteiger partial charge in [0.25, 0.3) is 0 Å². The monoisotopic (exact) mass is 259 g/mol. The zero-order valence-corrected chi connectivity index (χ0v) is 11.2. The second-order valence-corrected chi connectivity index (χ2v) is 5.11. The topological polar surface area (TPSA) is 70.0 Å². The predicted octanol–water partition coefficient (Wildman–Crippen LogP) is 1.94. The van der Waals surface area contributed by atoms with Crippen molar-refractivity contribution in [3.63, 3.8) is 0 Å². The third-order valence-corrected chi connectivity index (χ3v) is 3.56. The number of nitrogens with zero attached hydrogens (tertiary/aromatic N) is 1. The lowest BCUT2D eigenvalue weighted by Gasteiger charge is -2.30. The van der Waals surface area contributed by atoms with Crippen molar-refractivity contribution < 1.29 is 19.7 Å². The minimum Gasteiger partial charge on any atom is -0.465 e. The fourth-order valence-corrected chi connectivity index (χ4v) is 2.41. The number of hydrogen-bond donors (Lipinski definition) is 2. The standard InChI is InChI=1S/C13H25NO4/c1-14(13(16)17)10-11-4-6-12(7-5-11)18-9-3-2-8-15/h11-12,15H,2-10H2,1H3,(H,16,17). The lowest BCUT2D eigenvalue weighted by atomic mass is 9.87. The minimum atomic E-state index is -0.850. The molecule has 0 unspecified atom stereocenters.